The Balaban J connectivity index is 1.53. The molecule has 1 aliphatic carbocycles. The summed E-state index contributed by atoms with van der Waals surface area (Å²) in [6.45, 7) is 2.51. The molecule has 0 unspecified atom stereocenters. The zero-order valence-electron chi connectivity index (χ0n) is 14.2. The van der Waals surface area contributed by atoms with Crippen molar-refractivity contribution in [2.45, 2.75) is 45.6 Å². The van der Waals surface area contributed by atoms with Gasteiger partial charge in [0.2, 0.25) is 11.8 Å². The molecule has 0 amide bonds. The second-order valence-corrected chi connectivity index (χ2v) is 6.59. The first-order valence-electron chi connectivity index (χ1n) is 8.63. The zero-order chi connectivity index (χ0) is 17.6. The number of nitrogens with one attached hydrogen (secondary N) is 1. The van der Waals surface area contributed by atoms with E-state index in [2.05, 4.69) is 27.3 Å². The summed E-state index contributed by atoms with van der Waals surface area (Å²) in [5.41, 5.74) is 0. The second-order valence-electron chi connectivity index (χ2n) is 6.59. The van der Waals surface area contributed by atoms with E-state index in [1.807, 2.05) is 0 Å². The molecule has 1 saturated carbocycles. The highest BCUT2D eigenvalue weighted by atomic mass is 19.3. The van der Waals surface area contributed by atoms with E-state index < -0.39 is 13.0 Å². The molecule has 0 spiro atoms. The Morgan fingerprint density at radius 1 is 1.28 bits per heavy atom. The van der Waals surface area contributed by atoms with Crippen LogP contribution in [-0.2, 0) is 6.54 Å². The van der Waals surface area contributed by atoms with Gasteiger partial charge in [-0.25, -0.2) is 13.8 Å². The molecule has 0 saturated heterocycles. The first-order chi connectivity index (χ1) is 12.1. The molecular formula is C17H23F2N5O. The fraction of sp³-hybridized carbons (Fsp3) is 0.588. The number of ether oxygens (including phenoxy) is 1. The van der Waals surface area contributed by atoms with Gasteiger partial charge in [0.1, 0.15) is 6.54 Å². The van der Waals surface area contributed by atoms with E-state index in [9.17, 15) is 8.78 Å². The molecular weight excluding hydrogens is 328 g/mol. The normalized spacial score (nSPS) is 20.6. The number of aromatic nitrogens is 4. The van der Waals surface area contributed by atoms with Gasteiger partial charge in [0.05, 0.1) is 6.61 Å². The summed E-state index contributed by atoms with van der Waals surface area (Å²) in [5.74, 6) is 2.64. The first kappa shape index (κ1) is 17.6. The average molecular weight is 351 g/mol. The molecule has 2 aromatic rings. The topological polar surface area (TPSA) is 64.9 Å². The van der Waals surface area contributed by atoms with Crippen LogP contribution in [0.3, 0.4) is 0 Å². The molecule has 136 valence electrons. The number of rotatable bonds is 7. The summed E-state index contributed by atoms with van der Waals surface area (Å²) >= 11 is 0. The first-order valence-corrected chi connectivity index (χ1v) is 8.63. The minimum Gasteiger partial charge on any atom is -0.477 e. The summed E-state index contributed by atoms with van der Waals surface area (Å²) in [6.07, 6.45) is 5.54. The van der Waals surface area contributed by atoms with Crippen molar-refractivity contribution in [2.75, 3.05) is 11.9 Å². The molecule has 1 aliphatic rings. The maximum atomic E-state index is 12.3. The Kier molecular flexibility index (Phi) is 5.78. The number of anilines is 2. The lowest BCUT2D eigenvalue weighted by Crippen LogP contribution is -2.19. The van der Waals surface area contributed by atoms with Crippen LogP contribution in [0, 0.1) is 11.8 Å². The van der Waals surface area contributed by atoms with Crippen molar-refractivity contribution in [1.29, 1.82) is 0 Å². The van der Waals surface area contributed by atoms with Gasteiger partial charge in [-0.15, -0.1) is 0 Å². The van der Waals surface area contributed by atoms with E-state index in [4.69, 9.17) is 4.74 Å². The predicted molar refractivity (Wildman–Crippen MR) is 90.2 cm³/mol. The van der Waals surface area contributed by atoms with Gasteiger partial charge in [-0.2, -0.15) is 10.1 Å². The molecule has 8 heteroatoms. The van der Waals surface area contributed by atoms with Crippen LogP contribution >= 0.6 is 0 Å². The summed E-state index contributed by atoms with van der Waals surface area (Å²) < 4.78 is 31.7. The monoisotopic (exact) mass is 351 g/mol. The Morgan fingerprint density at radius 3 is 2.84 bits per heavy atom. The third kappa shape index (κ3) is 5.37. The van der Waals surface area contributed by atoms with Crippen LogP contribution in [0.1, 0.15) is 32.6 Å². The highest BCUT2D eigenvalue weighted by Crippen LogP contribution is 2.28. The van der Waals surface area contributed by atoms with Crippen molar-refractivity contribution in [2.24, 2.45) is 11.8 Å². The van der Waals surface area contributed by atoms with E-state index in [0.717, 1.165) is 5.92 Å². The summed E-state index contributed by atoms with van der Waals surface area (Å²) in [4.78, 5) is 8.41. The number of hydrogen-bond acceptors (Lipinski definition) is 5. The van der Waals surface area contributed by atoms with Gasteiger partial charge in [-0.05, 0) is 24.7 Å². The van der Waals surface area contributed by atoms with E-state index in [1.54, 1.807) is 18.3 Å². The van der Waals surface area contributed by atoms with Crippen LogP contribution in [-0.4, -0.2) is 32.8 Å². The standard InChI is InChI=1S/C17H23F2N5O/c1-12-2-4-13(5-3-12)11-25-16-6-8-20-17(22-16)21-15-7-9-24(23-15)10-14(18)19/h6-9,12-14H,2-5,10-11H2,1H3,(H,20,21,22,23). The maximum Gasteiger partial charge on any atom is 0.257 e. The molecule has 0 bridgehead atoms. The van der Waals surface area contributed by atoms with Crippen molar-refractivity contribution in [3.63, 3.8) is 0 Å². The minimum atomic E-state index is -2.44. The third-order valence-electron chi connectivity index (χ3n) is 4.44. The maximum absolute atomic E-state index is 12.3. The SMILES string of the molecule is CC1CCC(COc2ccnc(Nc3ccn(CC(F)F)n3)n2)CC1. The van der Waals surface area contributed by atoms with Gasteiger partial charge in [0.25, 0.3) is 6.43 Å². The predicted octanol–water partition coefficient (Wildman–Crippen LogP) is 3.89. The number of hydrogen-bond donors (Lipinski definition) is 1. The quantitative estimate of drug-likeness (QED) is 0.820. The fourth-order valence-electron chi connectivity index (χ4n) is 2.97. The molecule has 0 atom stereocenters. The average Bonchev–Trinajstić information content (AvgIpc) is 3.01. The lowest BCUT2D eigenvalue weighted by Gasteiger charge is -2.25. The van der Waals surface area contributed by atoms with E-state index in [1.165, 1.54) is 36.6 Å². The second kappa shape index (κ2) is 8.22. The Labute approximate surface area is 145 Å². The summed E-state index contributed by atoms with van der Waals surface area (Å²) in [6, 6.07) is 3.31. The van der Waals surface area contributed by atoms with Gasteiger partial charge in [-0.1, -0.05) is 19.8 Å². The smallest absolute Gasteiger partial charge is 0.257 e. The highest BCUT2D eigenvalue weighted by molar-refractivity contribution is 5.46. The Hall–Kier alpha value is -2.25. The van der Waals surface area contributed by atoms with Crippen molar-refractivity contribution in [1.82, 2.24) is 19.7 Å². The lowest BCUT2D eigenvalue weighted by molar-refractivity contribution is 0.122. The zero-order valence-corrected chi connectivity index (χ0v) is 14.2. The molecule has 6 nitrogen and oxygen atoms in total. The van der Waals surface area contributed by atoms with E-state index in [-0.39, 0.29) is 0 Å². The van der Waals surface area contributed by atoms with Crippen LogP contribution in [0.5, 0.6) is 5.88 Å². The van der Waals surface area contributed by atoms with Crippen molar-refractivity contribution in [3.05, 3.63) is 24.5 Å². The molecule has 0 radical (unpaired) electrons. The molecule has 2 aromatic heterocycles. The lowest BCUT2D eigenvalue weighted by atomic mass is 9.83. The molecule has 1 N–H and O–H groups in total. The molecule has 0 aliphatic heterocycles. The van der Waals surface area contributed by atoms with Crippen molar-refractivity contribution >= 4 is 11.8 Å². The Morgan fingerprint density at radius 2 is 2.08 bits per heavy atom. The van der Waals surface area contributed by atoms with Gasteiger partial charge in [-0.3, -0.25) is 4.68 Å². The van der Waals surface area contributed by atoms with Crippen LogP contribution in [0.2, 0.25) is 0 Å². The number of alkyl halides is 2. The highest BCUT2D eigenvalue weighted by Gasteiger charge is 2.19. The minimum absolute atomic E-state index is 0.331. The molecule has 2 heterocycles. The molecule has 0 aromatic carbocycles. The molecule has 1 fully saturated rings. The molecule has 3 rings (SSSR count). The van der Waals surface area contributed by atoms with E-state index >= 15 is 0 Å². The van der Waals surface area contributed by atoms with Crippen LogP contribution < -0.4 is 10.1 Å². The molecule has 25 heavy (non-hydrogen) atoms. The fourth-order valence-corrected chi connectivity index (χ4v) is 2.97. The van der Waals surface area contributed by atoms with Crippen LogP contribution in [0.25, 0.3) is 0 Å². The largest absolute Gasteiger partial charge is 0.477 e. The van der Waals surface area contributed by atoms with Gasteiger partial charge in [0.15, 0.2) is 5.82 Å². The van der Waals surface area contributed by atoms with Crippen LogP contribution in [0.4, 0.5) is 20.5 Å². The van der Waals surface area contributed by atoms with Crippen molar-refractivity contribution < 1.29 is 13.5 Å². The van der Waals surface area contributed by atoms with Gasteiger partial charge in [0, 0.05) is 24.5 Å². The van der Waals surface area contributed by atoms with Crippen molar-refractivity contribution in [3.8, 4) is 5.88 Å². The third-order valence-corrected chi connectivity index (χ3v) is 4.44. The van der Waals surface area contributed by atoms with E-state index in [0.29, 0.717) is 30.2 Å². The van der Waals surface area contributed by atoms with Crippen LogP contribution in [0.15, 0.2) is 24.5 Å². The number of nitrogens with zero attached hydrogens (tertiary/aromatic N) is 4. The summed E-state index contributed by atoms with van der Waals surface area (Å²) in [7, 11) is 0. The van der Waals surface area contributed by atoms with Gasteiger partial charge < -0.3 is 10.1 Å². The summed E-state index contributed by atoms with van der Waals surface area (Å²) in [5, 5.41) is 6.91. The van der Waals surface area contributed by atoms with Gasteiger partial charge >= 0.3 is 0 Å². The number of halogens is 2. The Bertz CT molecular complexity index is 671.